The summed E-state index contributed by atoms with van der Waals surface area (Å²) < 4.78 is 17.9. The fourth-order valence-electron chi connectivity index (χ4n) is 6.12. The first-order valence-corrected chi connectivity index (χ1v) is 14.8. The number of hydrogen-bond acceptors (Lipinski definition) is 8. The van der Waals surface area contributed by atoms with Gasteiger partial charge in [0.1, 0.15) is 22.8 Å². The van der Waals surface area contributed by atoms with E-state index in [1.54, 1.807) is 30.3 Å². The number of hydrogen-bond donors (Lipinski definition) is 0. The Bertz CT molecular complexity index is 1740. The molecular formula is C34H31N3O6. The van der Waals surface area contributed by atoms with Gasteiger partial charge < -0.3 is 19.1 Å². The second kappa shape index (κ2) is 10.8. The molecule has 1 saturated carbocycles. The van der Waals surface area contributed by atoms with E-state index in [1.165, 1.54) is 12.4 Å². The summed E-state index contributed by atoms with van der Waals surface area (Å²) >= 11 is 0. The standard InChI is InChI=1S/C34H31N3O6/c1-2-41-30-18-23(17-26-25(30)9-14-36-31(26)21-3-4-21)32(39)37-15-10-34(11-16-37)20-28(38)27-19-24(5-6-29(27)43-34)42-33(40)22-7-12-35-13-8-22/h5-9,12-14,17-19,21H,2-4,10-11,15-16,20H2,1H3. The predicted octanol–water partition coefficient (Wildman–Crippen LogP) is 5.77. The maximum absolute atomic E-state index is 13.8. The van der Waals surface area contributed by atoms with Gasteiger partial charge in [-0.15, -0.1) is 0 Å². The van der Waals surface area contributed by atoms with Gasteiger partial charge in [0.15, 0.2) is 5.78 Å². The van der Waals surface area contributed by atoms with Crippen LogP contribution in [0.1, 0.15) is 81.7 Å². The second-order valence-electron chi connectivity index (χ2n) is 11.4. The number of pyridine rings is 2. The molecule has 4 heterocycles. The molecule has 2 aromatic carbocycles. The Kier molecular flexibility index (Phi) is 6.80. The minimum absolute atomic E-state index is 0.0634. The van der Waals surface area contributed by atoms with Crippen molar-refractivity contribution in [3.8, 4) is 17.2 Å². The number of esters is 1. The second-order valence-corrected chi connectivity index (χ2v) is 11.4. The molecule has 1 amide bonds. The number of ether oxygens (including phenoxy) is 3. The van der Waals surface area contributed by atoms with Crippen molar-refractivity contribution in [2.45, 2.75) is 50.5 Å². The highest BCUT2D eigenvalue weighted by Gasteiger charge is 2.44. The van der Waals surface area contributed by atoms with Crippen molar-refractivity contribution in [3.05, 3.63) is 89.5 Å². The lowest BCUT2D eigenvalue weighted by atomic mass is 9.82. The van der Waals surface area contributed by atoms with Gasteiger partial charge in [0, 0.05) is 66.8 Å². The fourth-order valence-corrected chi connectivity index (χ4v) is 6.12. The normalized spacial score (nSPS) is 17.3. The van der Waals surface area contributed by atoms with Gasteiger partial charge in [-0.1, -0.05) is 0 Å². The highest BCUT2D eigenvalue weighted by Crippen LogP contribution is 2.44. The summed E-state index contributed by atoms with van der Waals surface area (Å²) in [6.45, 7) is 3.37. The number of ketones is 1. The molecule has 1 spiro atoms. The van der Waals surface area contributed by atoms with Crippen molar-refractivity contribution in [2.75, 3.05) is 19.7 Å². The van der Waals surface area contributed by atoms with E-state index in [0.717, 1.165) is 29.3 Å². The van der Waals surface area contributed by atoms with E-state index >= 15 is 0 Å². The summed E-state index contributed by atoms with van der Waals surface area (Å²) in [5.41, 5.74) is 1.70. The third kappa shape index (κ3) is 5.20. The number of piperidine rings is 1. The van der Waals surface area contributed by atoms with Crippen LogP contribution < -0.4 is 14.2 Å². The molecule has 0 unspecified atom stereocenters. The van der Waals surface area contributed by atoms with Crippen molar-refractivity contribution < 1.29 is 28.6 Å². The lowest BCUT2D eigenvalue weighted by Crippen LogP contribution is -2.52. The molecule has 2 fully saturated rings. The zero-order valence-corrected chi connectivity index (χ0v) is 23.9. The number of rotatable bonds is 6. The van der Waals surface area contributed by atoms with E-state index in [0.29, 0.717) is 66.6 Å². The molecule has 43 heavy (non-hydrogen) atoms. The number of aromatic nitrogens is 2. The maximum Gasteiger partial charge on any atom is 0.343 e. The van der Waals surface area contributed by atoms with Crippen molar-refractivity contribution in [1.82, 2.24) is 14.9 Å². The van der Waals surface area contributed by atoms with Gasteiger partial charge in [-0.25, -0.2) is 4.79 Å². The van der Waals surface area contributed by atoms with Crippen LogP contribution in [0.25, 0.3) is 10.8 Å². The highest BCUT2D eigenvalue weighted by molar-refractivity contribution is 6.02. The number of amides is 1. The molecular weight excluding hydrogens is 546 g/mol. The van der Waals surface area contributed by atoms with Crippen LogP contribution in [0.5, 0.6) is 17.2 Å². The zero-order valence-electron chi connectivity index (χ0n) is 23.9. The molecule has 1 saturated heterocycles. The Balaban J connectivity index is 1.06. The molecule has 0 bridgehead atoms. The Morgan fingerprint density at radius 3 is 2.51 bits per heavy atom. The minimum atomic E-state index is -0.682. The number of likely N-dealkylation sites (tertiary alicyclic amines) is 1. The van der Waals surface area contributed by atoms with Crippen molar-refractivity contribution in [2.24, 2.45) is 0 Å². The van der Waals surface area contributed by atoms with Gasteiger partial charge in [0.25, 0.3) is 5.91 Å². The van der Waals surface area contributed by atoms with Gasteiger partial charge in [-0.2, -0.15) is 0 Å². The third-order valence-corrected chi connectivity index (χ3v) is 8.53. The maximum atomic E-state index is 13.8. The monoisotopic (exact) mass is 577 g/mol. The molecule has 2 aliphatic heterocycles. The molecule has 9 nitrogen and oxygen atoms in total. The number of carbonyl (C=O) groups is 3. The molecule has 3 aliphatic rings. The average molecular weight is 578 g/mol. The van der Waals surface area contributed by atoms with Gasteiger partial charge in [0.05, 0.1) is 29.8 Å². The van der Waals surface area contributed by atoms with Gasteiger partial charge >= 0.3 is 5.97 Å². The summed E-state index contributed by atoms with van der Waals surface area (Å²) in [6, 6.07) is 13.7. The Morgan fingerprint density at radius 1 is 0.977 bits per heavy atom. The number of fused-ring (bicyclic) bond motifs is 2. The first-order valence-electron chi connectivity index (χ1n) is 14.8. The number of benzene rings is 2. The first kappa shape index (κ1) is 27.1. The molecule has 0 N–H and O–H groups in total. The summed E-state index contributed by atoms with van der Waals surface area (Å²) in [6.07, 6.45) is 8.34. The smallest absolute Gasteiger partial charge is 0.343 e. The molecule has 0 atom stereocenters. The molecule has 218 valence electrons. The van der Waals surface area contributed by atoms with Crippen LogP contribution in [0.4, 0.5) is 0 Å². The van der Waals surface area contributed by atoms with Gasteiger partial charge in [0.2, 0.25) is 0 Å². The summed E-state index contributed by atoms with van der Waals surface area (Å²) in [5, 5.41) is 1.97. The molecule has 1 aliphatic carbocycles. The van der Waals surface area contributed by atoms with E-state index in [2.05, 4.69) is 9.97 Å². The van der Waals surface area contributed by atoms with E-state index in [4.69, 9.17) is 14.2 Å². The van der Waals surface area contributed by atoms with Crippen LogP contribution in [0.15, 0.2) is 67.1 Å². The Morgan fingerprint density at radius 2 is 1.77 bits per heavy atom. The lowest BCUT2D eigenvalue weighted by molar-refractivity contribution is -0.00582. The average Bonchev–Trinajstić information content (AvgIpc) is 3.87. The number of nitrogens with zero attached hydrogens (tertiary/aromatic N) is 3. The Labute approximate surface area is 248 Å². The third-order valence-electron chi connectivity index (χ3n) is 8.53. The lowest BCUT2D eigenvalue weighted by Gasteiger charge is -2.44. The first-order chi connectivity index (χ1) is 20.9. The summed E-state index contributed by atoms with van der Waals surface area (Å²) in [5.74, 6) is 1.22. The molecule has 0 radical (unpaired) electrons. The fraction of sp³-hybridized carbons (Fsp3) is 0.324. The number of Topliss-reactive ketones (excluding diaryl/α,β-unsaturated/α-hetero) is 1. The molecule has 7 rings (SSSR count). The molecule has 4 aromatic rings. The van der Waals surface area contributed by atoms with Gasteiger partial charge in [-0.3, -0.25) is 19.6 Å². The molecule has 2 aromatic heterocycles. The van der Waals surface area contributed by atoms with E-state index < -0.39 is 11.6 Å². The number of carbonyl (C=O) groups excluding carboxylic acids is 3. The topological polar surface area (TPSA) is 108 Å². The highest BCUT2D eigenvalue weighted by atomic mass is 16.5. The van der Waals surface area contributed by atoms with Crippen molar-refractivity contribution in [1.29, 1.82) is 0 Å². The molecule has 9 heteroatoms. The minimum Gasteiger partial charge on any atom is -0.493 e. The van der Waals surface area contributed by atoms with Crippen LogP contribution in [0.3, 0.4) is 0 Å². The van der Waals surface area contributed by atoms with Crippen LogP contribution in [0, 0.1) is 0 Å². The van der Waals surface area contributed by atoms with Crippen LogP contribution in [-0.2, 0) is 0 Å². The van der Waals surface area contributed by atoms with E-state index in [1.807, 2.05) is 36.2 Å². The van der Waals surface area contributed by atoms with Crippen LogP contribution in [-0.4, -0.2) is 57.8 Å². The van der Waals surface area contributed by atoms with Crippen LogP contribution in [0.2, 0.25) is 0 Å². The van der Waals surface area contributed by atoms with Crippen LogP contribution >= 0.6 is 0 Å². The Hall–Kier alpha value is -4.79. The zero-order chi connectivity index (χ0) is 29.6. The van der Waals surface area contributed by atoms with Crippen molar-refractivity contribution in [3.63, 3.8) is 0 Å². The van der Waals surface area contributed by atoms with E-state index in [-0.39, 0.29) is 23.9 Å². The quantitative estimate of drug-likeness (QED) is 0.210. The summed E-state index contributed by atoms with van der Waals surface area (Å²) in [4.78, 5) is 49.9. The van der Waals surface area contributed by atoms with E-state index in [9.17, 15) is 14.4 Å². The predicted molar refractivity (Wildman–Crippen MR) is 158 cm³/mol. The van der Waals surface area contributed by atoms with Gasteiger partial charge in [-0.05, 0) is 68.3 Å². The summed E-state index contributed by atoms with van der Waals surface area (Å²) in [7, 11) is 0. The SMILES string of the molecule is CCOc1cc(C(=O)N2CCC3(CC2)CC(=O)c2cc(OC(=O)c4ccncc4)ccc2O3)cc2c(C3CC3)nccc12. The largest absolute Gasteiger partial charge is 0.493 e. The van der Waals surface area contributed by atoms with Crippen molar-refractivity contribution >= 4 is 28.4 Å².